The summed E-state index contributed by atoms with van der Waals surface area (Å²) in [4.78, 5) is 10.4. The van der Waals surface area contributed by atoms with Crippen molar-refractivity contribution in [1.29, 1.82) is 0 Å². The molecule has 1 atom stereocenters. The first-order chi connectivity index (χ1) is 6.50. The van der Waals surface area contributed by atoms with Crippen LogP contribution >= 0.6 is 0 Å². The van der Waals surface area contributed by atoms with E-state index >= 15 is 0 Å². The molecule has 1 aromatic carbocycles. The minimum Gasteiger partial charge on any atom is -0.481 e. The van der Waals surface area contributed by atoms with E-state index in [1.165, 1.54) is 6.07 Å². The zero-order chi connectivity index (χ0) is 10.7. The molecule has 0 spiro atoms. The highest BCUT2D eigenvalue weighted by atomic mass is 19.1. The van der Waals surface area contributed by atoms with Crippen LogP contribution in [0.4, 0.5) is 4.39 Å². The van der Waals surface area contributed by atoms with Crippen LogP contribution in [-0.2, 0) is 4.79 Å². The van der Waals surface area contributed by atoms with E-state index in [0.717, 1.165) is 0 Å². The van der Waals surface area contributed by atoms with Crippen LogP contribution in [-0.4, -0.2) is 11.1 Å². The van der Waals surface area contributed by atoms with Gasteiger partial charge >= 0.3 is 5.97 Å². The first kappa shape index (κ1) is 10.7. The number of rotatable bonds is 3. The van der Waals surface area contributed by atoms with Gasteiger partial charge in [-0.1, -0.05) is 12.1 Å². The Hall–Kier alpha value is -1.42. The fraction of sp³-hybridized carbons (Fsp3) is 0.300. The van der Waals surface area contributed by atoms with Crippen molar-refractivity contribution in [2.24, 2.45) is 5.73 Å². The number of nitrogens with two attached hydrogens (primary N) is 1. The Balaban J connectivity index is 2.85. The summed E-state index contributed by atoms with van der Waals surface area (Å²) in [6.07, 6.45) is -0.192. The van der Waals surface area contributed by atoms with Crippen LogP contribution in [0.15, 0.2) is 18.2 Å². The van der Waals surface area contributed by atoms with Crippen LogP contribution in [0.3, 0.4) is 0 Å². The first-order valence-corrected chi connectivity index (χ1v) is 4.24. The summed E-state index contributed by atoms with van der Waals surface area (Å²) in [5.41, 5.74) is 6.60. The highest BCUT2D eigenvalue weighted by Gasteiger charge is 2.11. The fourth-order valence-corrected chi connectivity index (χ4v) is 1.15. The number of hydrogen-bond acceptors (Lipinski definition) is 2. The molecule has 76 valence electrons. The molecular weight excluding hydrogens is 185 g/mol. The zero-order valence-electron chi connectivity index (χ0n) is 7.83. The van der Waals surface area contributed by atoms with Gasteiger partial charge < -0.3 is 10.8 Å². The van der Waals surface area contributed by atoms with E-state index < -0.39 is 12.0 Å². The number of aryl methyl sites for hydroxylation is 1. The van der Waals surface area contributed by atoms with Crippen LogP contribution in [0, 0.1) is 12.7 Å². The third-order valence-electron chi connectivity index (χ3n) is 2.02. The zero-order valence-corrected chi connectivity index (χ0v) is 7.83. The van der Waals surface area contributed by atoms with E-state index in [2.05, 4.69) is 0 Å². The van der Waals surface area contributed by atoms with Crippen molar-refractivity contribution in [3.05, 3.63) is 35.1 Å². The van der Waals surface area contributed by atoms with Gasteiger partial charge in [0.1, 0.15) is 5.82 Å². The van der Waals surface area contributed by atoms with Gasteiger partial charge in [0.2, 0.25) is 0 Å². The molecule has 0 aromatic heterocycles. The molecule has 3 N–H and O–H groups in total. The second kappa shape index (κ2) is 4.19. The average Bonchev–Trinajstić information content (AvgIpc) is 2.08. The lowest BCUT2D eigenvalue weighted by Crippen LogP contribution is -2.15. The van der Waals surface area contributed by atoms with Gasteiger partial charge in [-0.15, -0.1) is 0 Å². The van der Waals surface area contributed by atoms with Gasteiger partial charge in [-0.2, -0.15) is 0 Å². The summed E-state index contributed by atoms with van der Waals surface area (Å²) in [6, 6.07) is 3.86. The van der Waals surface area contributed by atoms with Crippen LogP contribution in [0.25, 0.3) is 0 Å². The first-order valence-electron chi connectivity index (χ1n) is 4.24. The lowest BCUT2D eigenvalue weighted by molar-refractivity contribution is -0.137. The molecule has 0 saturated heterocycles. The monoisotopic (exact) mass is 197 g/mol. The van der Waals surface area contributed by atoms with Gasteiger partial charge in [0, 0.05) is 6.04 Å². The van der Waals surface area contributed by atoms with Crippen LogP contribution in [0.1, 0.15) is 23.6 Å². The van der Waals surface area contributed by atoms with Gasteiger partial charge in [0.15, 0.2) is 0 Å². The number of hydrogen-bond donors (Lipinski definition) is 2. The second-order valence-electron chi connectivity index (χ2n) is 3.21. The Morgan fingerprint density at radius 2 is 2.29 bits per heavy atom. The molecule has 0 bridgehead atoms. The maximum absolute atomic E-state index is 13.1. The van der Waals surface area contributed by atoms with Crippen LogP contribution in [0.2, 0.25) is 0 Å². The fourth-order valence-electron chi connectivity index (χ4n) is 1.15. The van der Waals surface area contributed by atoms with Gasteiger partial charge in [-0.05, 0) is 24.1 Å². The smallest absolute Gasteiger partial charge is 0.305 e. The topological polar surface area (TPSA) is 63.3 Å². The molecule has 3 nitrogen and oxygen atoms in total. The predicted octanol–water partition coefficient (Wildman–Crippen LogP) is 1.61. The summed E-state index contributed by atoms with van der Waals surface area (Å²) in [6.45, 7) is 1.64. The molecule has 0 heterocycles. The number of carboxylic acid groups (broad SMARTS) is 1. The largest absolute Gasteiger partial charge is 0.481 e. The summed E-state index contributed by atoms with van der Waals surface area (Å²) in [7, 11) is 0. The molecular formula is C10H12FNO2. The van der Waals surface area contributed by atoms with E-state index in [1.807, 2.05) is 0 Å². The Bertz CT molecular complexity index is 352. The molecule has 0 fully saturated rings. The van der Waals surface area contributed by atoms with E-state index in [4.69, 9.17) is 10.8 Å². The molecule has 0 amide bonds. The number of carboxylic acids is 1. The van der Waals surface area contributed by atoms with E-state index in [0.29, 0.717) is 11.1 Å². The number of carbonyl (C=O) groups is 1. The SMILES string of the molecule is Cc1ccc(C(N)CC(=O)O)cc1F. The predicted molar refractivity (Wildman–Crippen MR) is 50.3 cm³/mol. The maximum Gasteiger partial charge on any atom is 0.305 e. The molecule has 1 unspecified atom stereocenters. The van der Waals surface area contributed by atoms with Crippen LogP contribution in [0.5, 0.6) is 0 Å². The summed E-state index contributed by atoms with van der Waals surface area (Å²) < 4.78 is 13.1. The quantitative estimate of drug-likeness (QED) is 0.773. The normalized spacial score (nSPS) is 12.5. The summed E-state index contributed by atoms with van der Waals surface area (Å²) in [5.74, 6) is -1.35. The molecule has 1 rings (SSSR count). The lowest BCUT2D eigenvalue weighted by Gasteiger charge is -2.09. The van der Waals surface area contributed by atoms with Gasteiger partial charge in [0.25, 0.3) is 0 Å². The standard InChI is InChI=1S/C10H12FNO2/c1-6-2-3-7(4-8(6)11)9(12)5-10(13)14/h2-4,9H,5,12H2,1H3,(H,13,14). The van der Waals surface area contributed by atoms with Crippen molar-refractivity contribution in [1.82, 2.24) is 0 Å². The number of benzene rings is 1. The molecule has 0 saturated carbocycles. The molecule has 14 heavy (non-hydrogen) atoms. The van der Waals surface area contributed by atoms with Crippen LogP contribution < -0.4 is 5.73 Å². The van der Waals surface area contributed by atoms with Crippen molar-refractivity contribution < 1.29 is 14.3 Å². The maximum atomic E-state index is 13.1. The van der Waals surface area contributed by atoms with Crippen molar-refractivity contribution in [3.8, 4) is 0 Å². The van der Waals surface area contributed by atoms with Crippen molar-refractivity contribution in [2.45, 2.75) is 19.4 Å². The molecule has 4 heteroatoms. The third kappa shape index (κ3) is 2.53. The highest BCUT2D eigenvalue weighted by Crippen LogP contribution is 2.17. The minimum atomic E-state index is -0.988. The molecule has 0 aliphatic heterocycles. The van der Waals surface area contributed by atoms with E-state index in [-0.39, 0.29) is 12.2 Å². The molecule has 0 aliphatic rings. The summed E-state index contributed by atoms with van der Waals surface area (Å²) in [5, 5.41) is 8.50. The summed E-state index contributed by atoms with van der Waals surface area (Å²) >= 11 is 0. The highest BCUT2D eigenvalue weighted by molar-refractivity contribution is 5.67. The average molecular weight is 197 g/mol. The Morgan fingerprint density at radius 3 is 2.79 bits per heavy atom. The Morgan fingerprint density at radius 1 is 1.64 bits per heavy atom. The lowest BCUT2D eigenvalue weighted by atomic mass is 10.0. The number of halogens is 1. The molecule has 0 radical (unpaired) electrons. The third-order valence-corrected chi connectivity index (χ3v) is 2.02. The minimum absolute atomic E-state index is 0.192. The molecule has 0 aliphatic carbocycles. The van der Waals surface area contributed by atoms with Gasteiger partial charge in [-0.3, -0.25) is 4.79 Å². The van der Waals surface area contributed by atoms with E-state index in [1.54, 1.807) is 19.1 Å². The van der Waals surface area contributed by atoms with Crippen molar-refractivity contribution in [3.63, 3.8) is 0 Å². The van der Waals surface area contributed by atoms with Gasteiger partial charge in [-0.25, -0.2) is 4.39 Å². The van der Waals surface area contributed by atoms with E-state index in [9.17, 15) is 9.18 Å². The Labute approximate surface area is 81.4 Å². The second-order valence-corrected chi connectivity index (χ2v) is 3.21. The van der Waals surface area contributed by atoms with Crippen molar-refractivity contribution in [2.75, 3.05) is 0 Å². The molecule has 1 aromatic rings. The Kier molecular flexibility index (Phi) is 3.19. The number of aliphatic carboxylic acids is 1. The van der Waals surface area contributed by atoms with Gasteiger partial charge in [0.05, 0.1) is 6.42 Å². The van der Waals surface area contributed by atoms with Crippen molar-refractivity contribution >= 4 is 5.97 Å².